The maximum Gasteiger partial charge on any atom is 0.324 e. The highest BCUT2D eigenvalue weighted by atomic mass is 32.2. The summed E-state index contributed by atoms with van der Waals surface area (Å²) in [5.41, 5.74) is 0. The lowest BCUT2D eigenvalue weighted by molar-refractivity contribution is 0.209. The van der Waals surface area contributed by atoms with Crippen molar-refractivity contribution < 1.29 is 9.00 Å². The van der Waals surface area contributed by atoms with Crippen molar-refractivity contribution in [2.45, 2.75) is 45.6 Å². The third-order valence-corrected chi connectivity index (χ3v) is 6.72. The minimum atomic E-state index is -0.844. The van der Waals surface area contributed by atoms with Crippen LogP contribution in [0.15, 0.2) is 12.3 Å². The van der Waals surface area contributed by atoms with Gasteiger partial charge in [-0.2, -0.15) is 4.98 Å². The third-order valence-electron chi connectivity index (χ3n) is 5.14. The van der Waals surface area contributed by atoms with Crippen molar-refractivity contribution in [2.75, 3.05) is 41.4 Å². The van der Waals surface area contributed by atoms with E-state index in [0.717, 1.165) is 12.4 Å². The van der Waals surface area contributed by atoms with E-state index in [0.29, 0.717) is 36.6 Å². The lowest BCUT2D eigenvalue weighted by Gasteiger charge is -2.29. The largest absolute Gasteiger partial charge is 0.354 e. The number of hydrogen-bond acceptors (Lipinski definition) is 5. The Morgan fingerprint density at radius 1 is 1.42 bits per heavy atom. The molecule has 3 rings (SSSR count). The van der Waals surface area contributed by atoms with Gasteiger partial charge >= 0.3 is 6.03 Å². The third kappa shape index (κ3) is 4.72. The van der Waals surface area contributed by atoms with Gasteiger partial charge in [-0.3, -0.25) is 9.53 Å². The Morgan fingerprint density at radius 2 is 2.19 bits per heavy atom. The fraction of sp³-hybridized carbons (Fsp3) is 0.722. The van der Waals surface area contributed by atoms with Crippen LogP contribution in [0, 0.1) is 5.92 Å². The van der Waals surface area contributed by atoms with Gasteiger partial charge in [-0.05, 0) is 31.7 Å². The Morgan fingerprint density at radius 3 is 2.92 bits per heavy atom. The summed E-state index contributed by atoms with van der Waals surface area (Å²) in [6.45, 7) is 6.18. The molecule has 1 saturated carbocycles. The molecule has 2 unspecified atom stereocenters. The van der Waals surface area contributed by atoms with E-state index in [9.17, 15) is 9.00 Å². The first-order valence-electron chi connectivity index (χ1n) is 9.57. The molecule has 26 heavy (non-hydrogen) atoms. The summed E-state index contributed by atoms with van der Waals surface area (Å²) in [5.74, 6) is 2.62. The van der Waals surface area contributed by atoms with Crippen molar-refractivity contribution >= 4 is 28.6 Å². The second-order valence-corrected chi connectivity index (χ2v) is 8.88. The molecule has 7 nitrogen and oxygen atoms in total. The zero-order valence-electron chi connectivity index (χ0n) is 15.7. The van der Waals surface area contributed by atoms with Crippen LogP contribution in [0.3, 0.4) is 0 Å². The predicted octanol–water partition coefficient (Wildman–Crippen LogP) is 2.48. The molecule has 1 N–H and O–H groups in total. The number of aromatic nitrogens is 2. The molecule has 0 radical (unpaired) electrons. The van der Waals surface area contributed by atoms with Gasteiger partial charge in [0.25, 0.3) is 0 Å². The Bertz CT molecular complexity index is 650. The number of nitrogens with one attached hydrogen (secondary N) is 1. The highest BCUT2D eigenvalue weighted by Gasteiger charge is 2.25. The summed E-state index contributed by atoms with van der Waals surface area (Å²) in [7, 11) is -0.844. The smallest absolute Gasteiger partial charge is 0.324 e. The normalized spacial score (nSPS) is 24.3. The first kappa shape index (κ1) is 19.1. The number of hydrogen-bond donors (Lipinski definition) is 1. The molecular formula is C18H29N5O2S. The van der Waals surface area contributed by atoms with Crippen LogP contribution in [0.25, 0.3) is 0 Å². The zero-order valence-corrected chi connectivity index (χ0v) is 16.5. The number of carbonyl (C=O) groups is 1. The number of nitrogens with zero attached hydrogens (tertiary/aromatic N) is 4. The summed E-state index contributed by atoms with van der Waals surface area (Å²) in [4.78, 5) is 25.4. The summed E-state index contributed by atoms with van der Waals surface area (Å²) in [5, 5.41) is 2.82. The molecule has 1 aromatic rings. The predicted molar refractivity (Wildman–Crippen MR) is 105 cm³/mol. The lowest BCUT2D eigenvalue weighted by Crippen LogP contribution is -2.39. The maximum absolute atomic E-state index is 12.6. The van der Waals surface area contributed by atoms with Gasteiger partial charge in [-0.1, -0.05) is 19.8 Å². The maximum atomic E-state index is 12.6. The summed E-state index contributed by atoms with van der Waals surface area (Å²) < 4.78 is 11.8. The molecule has 1 aliphatic heterocycles. The van der Waals surface area contributed by atoms with Crippen molar-refractivity contribution in [1.29, 1.82) is 0 Å². The monoisotopic (exact) mass is 379 g/mol. The Balaban J connectivity index is 1.67. The van der Waals surface area contributed by atoms with E-state index in [-0.39, 0.29) is 11.9 Å². The van der Waals surface area contributed by atoms with Gasteiger partial charge in [0.15, 0.2) is 0 Å². The molecule has 8 heteroatoms. The van der Waals surface area contributed by atoms with Gasteiger partial charge < -0.3 is 9.80 Å². The average Bonchev–Trinajstić information content (AvgIpc) is 3.07. The molecule has 2 heterocycles. The number of carbonyl (C=O) groups excluding carboxylic acids is 1. The first-order valence-corrected chi connectivity index (χ1v) is 11.1. The standard InChI is InChI=1S/C18H29N5O2S/c1-3-23(15-6-4-5-7-15)16-8-9-19-17(20-16)21-18(24)22-10-11-26(25)13-14(2)12-22/h8-9,14-15H,3-7,10-13H2,1-2H3,(H,19,20,21,24). The molecule has 144 valence electrons. The van der Waals surface area contributed by atoms with Crippen LogP contribution in [-0.2, 0) is 10.8 Å². The van der Waals surface area contributed by atoms with Gasteiger partial charge in [-0.15, -0.1) is 0 Å². The van der Waals surface area contributed by atoms with Crippen LogP contribution < -0.4 is 10.2 Å². The molecule has 2 atom stereocenters. The van der Waals surface area contributed by atoms with Crippen LogP contribution in [0.5, 0.6) is 0 Å². The van der Waals surface area contributed by atoms with E-state index in [1.54, 1.807) is 11.1 Å². The molecule has 1 aliphatic carbocycles. The quantitative estimate of drug-likeness (QED) is 0.869. The first-order chi connectivity index (χ1) is 12.6. The SMILES string of the molecule is CCN(c1ccnc(NC(=O)N2CCS(=O)CC(C)C2)n1)C1CCCC1. The van der Waals surface area contributed by atoms with Crippen LogP contribution >= 0.6 is 0 Å². The van der Waals surface area contributed by atoms with E-state index >= 15 is 0 Å². The second-order valence-electron chi connectivity index (χ2n) is 7.25. The van der Waals surface area contributed by atoms with Gasteiger partial charge in [0, 0.05) is 54.2 Å². The number of amides is 2. The Labute approximate surface area is 158 Å². The lowest BCUT2D eigenvalue weighted by atomic mass is 10.2. The molecule has 1 aromatic heterocycles. The molecule has 2 amide bonds. The van der Waals surface area contributed by atoms with E-state index in [1.165, 1.54) is 25.7 Å². The van der Waals surface area contributed by atoms with Crippen molar-refractivity contribution in [1.82, 2.24) is 14.9 Å². The highest BCUT2D eigenvalue weighted by Crippen LogP contribution is 2.27. The molecule has 2 aliphatic rings. The number of rotatable bonds is 4. The average molecular weight is 380 g/mol. The molecule has 0 bridgehead atoms. The van der Waals surface area contributed by atoms with Crippen molar-refractivity contribution in [3.8, 4) is 0 Å². The van der Waals surface area contributed by atoms with Gasteiger partial charge in [0.05, 0.1) is 0 Å². The Kier molecular flexibility index (Phi) is 6.45. The minimum absolute atomic E-state index is 0.211. The van der Waals surface area contributed by atoms with E-state index in [2.05, 4.69) is 27.1 Å². The topological polar surface area (TPSA) is 78.4 Å². The summed E-state index contributed by atoms with van der Waals surface area (Å²) in [6, 6.07) is 2.23. The number of urea groups is 1. The van der Waals surface area contributed by atoms with Crippen LogP contribution in [0.1, 0.15) is 39.5 Å². The van der Waals surface area contributed by atoms with Crippen LogP contribution in [0.2, 0.25) is 0 Å². The number of anilines is 2. The highest BCUT2D eigenvalue weighted by molar-refractivity contribution is 7.85. The van der Waals surface area contributed by atoms with Crippen LogP contribution in [0.4, 0.5) is 16.6 Å². The van der Waals surface area contributed by atoms with Crippen molar-refractivity contribution in [3.63, 3.8) is 0 Å². The molecule has 2 fully saturated rings. The van der Waals surface area contributed by atoms with Crippen molar-refractivity contribution in [2.24, 2.45) is 5.92 Å². The van der Waals surface area contributed by atoms with E-state index in [1.807, 2.05) is 13.0 Å². The summed E-state index contributed by atoms with van der Waals surface area (Å²) in [6.07, 6.45) is 6.63. The molecule has 1 saturated heterocycles. The van der Waals surface area contributed by atoms with Gasteiger partial charge in [-0.25, -0.2) is 9.78 Å². The fourth-order valence-electron chi connectivity index (χ4n) is 3.88. The van der Waals surface area contributed by atoms with Crippen molar-refractivity contribution in [3.05, 3.63) is 12.3 Å². The Hall–Kier alpha value is -1.70. The van der Waals surface area contributed by atoms with Gasteiger partial charge in [0.2, 0.25) is 5.95 Å². The van der Waals surface area contributed by atoms with E-state index < -0.39 is 10.8 Å². The summed E-state index contributed by atoms with van der Waals surface area (Å²) >= 11 is 0. The van der Waals surface area contributed by atoms with Crippen LogP contribution in [-0.4, -0.2) is 62.3 Å². The molecule has 0 spiro atoms. The second kappa shape index (κ2) is 8.79. The zero-order chi connectivity index (χ0) is 18.5. The minimum Gasteiger partial charge on any atom is -0.354 e. The van der Waals surface area contributed by atoms with E-state index in [4.69, 9.17) is 0 Å². The fourth-order valence-corrected chi connectivity index (χ4v) is 5.22. The van der Waals surface area contributed by atoms with Gasteiger partial charge in [0.1, 0.15) is 5.82 Å². The molecule has 0 aromatic carbocycles. The molecular weight excluding hydrogens is 350 g/mol.